The van der Waals surface area contributed by atoms with E-state index in [9.17, 15) is 0 Å². The van der Waals surface area contributed by atoms with Gasteiger partial charge in [0, 0.05) is 38.2 Å². The molecule has 0 aromatic heterocycles. The van der Waals surface area contributed by atoms with E-state index in [0.29, 0.717) is 0 Å². The highest BCUT2D eigenvalue weighted by molar-refractivity contribution is 14.0. The van der Waals surface area contributed by atoms with Crippen molar-refractivity contribution >= 4 is 41.5 Å². The van der Waals surface area contributed by atoms with E-state index >= 15 is 0 Å². The Balaban J connectivity index is 0.00000225. The molecule has 2 N–H and O–H groups in total. The molecule has 2 fully saturated rings. The fourth-order valence-corrected chi connectivity index (χ4v) is 3.13. The number of halogens is 2. The largest absolute Gasteiger partial charge is 0.379 e. The fraction of sp³-hybridized carbons (Fsp3) is 0.611. The van der Waals surface area contributed by atoms with Gasteiger partial charge in [0.2, 0.25) is 0 Å². The Morgan fingerprint density at radius 2 is 1.92 bits per heavy atom. The molecule has 1 heterocycles. The monoisotopic (exact) mass is 478 g/mol. The molecule has 2 aliphatic rings. The van der Waals surface area contributed by atoms with E-state index in [1.807, 2.05) is 19.2 Å². The van der Waals surface area contributed by atoms with Crippen molar-refractivity contribution in [1.29, 1.82) is 0 Å². The summed E-state index contributed by atoms with van der Waals surface area (Å²) >= 11 is 6.05. The van der Waals surface area contributed by atoms with E-state index < -0.39 is 0 Å². The van der Waals surface area contributed by atoms with Gasteiger partial charge >= 0.3 is 0 Å². The summed E-state index contributed by atoms with van der Waals surface area (Å²) < 4.78 is 5.50. The summed E-state index contributed by atoms with van der Waals surface area (Å²) in [6.07, 6.45) is 2.68. The van der Waals surface area contributed by atoms with Crippen LogP contribution in [0.15, 0.2) is 29.3 Å². The number of ether oxygens (including phenoxy) is 1. The van der Waals surface area contributed by atoms with Crippen LogP contribution in [0.1, 0.15) is 24.4 Å². The van der Waals surface area contributed by atoms with Gasteiger partial charge in [0.1, 0.15) is 0 Å². The van der Waals surface area contributed by atoms with Crippen LogP contribution in [0, 0.1) is 5.92 Å². The van der Waals surface area contributed by atoms with Crippen LogP contribution in [0.2, 0.25) is 5.02 Å². The van der Waals surface area contributed by atoms with Crippen molar-refractivity contribution < 1.29 is 4.74 Å². The minimum atomic E-state index is 0. The number of nitrogens with zero attached hydrogens (tertiary/aromatic N) is 2. The van der Waals surface area contributed by atoms with Crippen molar-refractivity contribution in [2.24, 2.45) is 10.9 Å². The van der Waals surface area contributed by atoms with E-state index in [4.69, 9.17) is 16.3 Å². The van der Waals surface area contributed by atoms with Gasteiger partial charge in [-0.1, -0.05) is 23.7 Å². The highest BCUT2D eigenvalue weighted by Crippen LogP contribution is 2.27. The second-order valence-corrected chi connectivity index (χ2v) is 6.93. The Morgan fingerprint density at radius 1 is 1.24 bits per heavy atom. The minimum absolute atomic E-state index is 0. The highest BCUT2D eigenvalue weighted by atomic mass is 127. The Hall–Kier alpha value is -0.570. The molecule has 1 aliphatic carbocycles. The topological polar surface area (TPSA) is 48.9 Å². The summed E-state index contributed by atoms with van der Waals surface area (Å²) in [4.78, 5) is 6.81. The number of benzene rings is 1. The summed E-state index contributed by atoms with van der Waals surface area (Å²) in [5, 5.41) is 7.68. The molecule has 1 atom stereocenters. The molecule has 1 aromatic carbocycles. The fourth-order valence-electron chi connectivity index (χ4n) is 3.01. The third kappa shape index (κ3) is 6.58. The number of nitrogens with one attached hydrogen (secondary N) is 2. The number of hydrogen-bond acceptors (Lipinski definition) is 3. The van der Waals surface area contributed by atoms with Gasteiger partial charge in [0.25, 0.3) is 0 Å². The summed E-state index contributed by atoms with van der Waals surface area (Å²) in [6.45, 7) is 5.30. The van der Waals surface area contributed by atoms with Gasteiger partial charge in [-0.3, -0.25) is 9.89 Å². The lowest BCUT2D eigenvalue weighted by molar-refractivity contribution is 0.0170. The average Bonchev–Trinajstić information content (AvgIpc) is 3.44. The van der Waals surface area contributed by atoms with Crippen molar-refractivity contribution in [2.75, 3.05) is 46.4 Å². The lowest BCUT2D eigenvalue weighted by atomic mass is 10.0. The molecule has 140 valence electrons. The summed E-state index contributed by atoms with van der Waals surface area (Å²) in [5.41, 5.74) is 1.27. The zero-order chi connectivity index (χ0) is 16.8. The van der Waals surface area contributed by atoms with Crippen LogP contribution >= 0.6 is 35.6 Å². The lowest BCUT2D eigenvalue weighted by Crippen LogP contribution is -2.46. The maximum absolute atomic E-state index is 6.05. The summed E-state index contributed by atoms with van der Waals surface area (Å²) in [5.74, 6) is 1.71. The van der Waals surface area contributed by atoms with E-state index in [-0.39, 0.29) is 30.0 Å². The molecule has 25 heavy (non-hydrogen) atoms. The van der Waals surface area contributed by atoms with Crippen molar-refractivity contribution in [3.8, 4) is 0 Å². The molecule has 5 nitrogen and oxygen atoms in total. The van der Waals surface area contributed by atoms with Crippen LogP contribution < -0.4 is 10.6 Å². The average molecular weight is 479 g/mol. The van der Waals surface area contributed by atoms with Gasteiger partial charge in [-0.05, 0) is 36.5 Å². The SMILES string of the molecule is CN=C(NCC1CC1)NCC(c1ccc(Cl)cc1)N1CCOCC1.I. The third-order valence-corrected chi connectivity index (χ3v) is 4.93. The first kappa shape index (κ1) is 20.7. The highest BCUT2D eigenvalue weighted by Gasteiger charge is 2.24. The van der Waals surface area contributed by atoms with Gasteiger partial charge < -0.3 is 15.4 Å². The summed E-state index contributed by atoms with van der Waals surface area (Å²) in [6, 6.07) is 8.44. The molecule has 1 unspecified atom stereocenters. The maximum Gasteiger partial charge on any atom is 0.191 e. The number of guanidine groups is 1. The van der Waals surface area contributed by atoms with Crippen LogP contribution in [0.4, 0.5) is 0 Å². The van der Waals surface area contributed by atoms with Crippen LogP contribution in [-0.4, -0.2) is 57.3 Å². The first-order valence-corrected chi connectivity index (χ1v) is 9.16. The van der Waals surface area contributed by atoms with Gasteiger partial charge in [-0.2, -0.15) is 0 Å². The van der Waals surface area contributed by atoms with Crippen LogP contribution in [0.5, 0.6) is 0 Å². The van der Waals surface area contributed by atoms with Gasteiger partial charge in [-0.25, -0.2) is 0 Å². The first-order chi connectivity index (χ1) is 11.8. The van der Waals surface area contributed by atoms with E-state index in [2.05, 4.69) is 32.7 Å². The molecule has 1 saturated carbocycles. The van der Waals surface area contributed by atoms with Crippen molar-refractivity contribution in [1.82, 2.24) is 15.5 Å². The summed E-state index contributed by atoms with van der Waals surface area (Å²) in [7, 11) is 1.83. The molecule has 0 radical (unpaired) electrons. The van der Waals surface area contributed by atoms with E-state index in [1.165, 1.54) is 18.4 Å². The molecule has 3 rings (SSSR count). The van der Waals surface area contributed by atoms with Crippen molar-refractivity contribution in [3.63, 3.8) is 0 Å². The van der Waals surface area contributed by atoms with Crippen LogP contribution in [0.3, 0.4) is 0 Å². The van der Waals surface area contributed by atoms with Crippen molar-refractivity contribution in [2.45, 2.75) is 18.9 Å². The van der Waals surface area contributed by atoms with Crippen LogP contribution in [0.25, 0.3) is 0 Å². The first-order valence-electron chi connectivity index (χ1n) is 8.78. The molecular weight excluding hydrogens is 451 g/mol. The zero-order valence-electron chi connectivity index (χ0n) is 14.7. The van der Waals surface area contributed by atoms with Gasteiger partial charge in [0.05, 0.1) is 19.3 Å². The molecule has 0 spiro atoms. The van der Waals surface area contributed by atoms with E-state index in [1.54, 1.807) is 0 Å². The standard InChI is InChI=1S/C18H27ClN4O.HI/c1-20-18(21-12-14-2-3-14)22-13-17(23-8-10-24-11-9-23)15-4-6-16(19)7-5-15;/h4-7,14,17H,2-3,8-13H2,1H3,(H2,20,21,22);1H. The molecule has 0 bridgehead atoms. The van der Waals surface area contributed by atoms with Crippen LogP contribution in [-0.2, 0) is 4.74 Å². The number of morpholine rings is 1. The molecule has 1 saturated heterocycles. The zero-order valence-corrected chi connectivity index (χ0v) is 17.8. The quantitative estimate of drug-likeness (QED) is 0.375. The lowest BCUT2D eigenvalue weighted by Gasteiger charge is -2.35. The molecule has 1 aromatic rings. The van der Waals surface area contributed by atoms with Gasteiger partial charge in [0.15, 0.2) is 5.96 Å². The number of hydrogen-bond donors (Lipinski definition) is 2. The normalized spacial score (nSPS) is 19.8. The molecule has 1 aliphatic heterocycles. The smallest absolute Gasteiger partial charge is 0.191 e. The Labute approximate surface area is 172 Å². The Kier molecular flexibility index (Phi) is 8.75. The van der Waals surface area contributed by atoms with Crippen molar-refractivity contribution in [3.05, 3.63) is 34.9 Å². The predicted molar refractivity (Wildman–Crippen MR) is 114 cm³/mol. The third-order valence-electron chi connectivity index (χ3n) is 4.68. The molecular formula is C18H28ClIN4O. The minimum Gasteiger partial charge on any atom is -0.379 e. The predicted octanol–water partition coefficient (Wildman–Crippen LogP) is 2.91. The maximum atomic E-state index is 6.05. The second kappa shape index (κ2) is 10.5. The number of aliphatic imine (C=N–C) groups is 1. The Bertz CT molecular complexity index is 545. The second-order valence-electron chi connectivity index (χ2n) is 6.49. The van der Waals surface area contributed by atoms with Gasteiger partial charge in [-0.15, -0.1) is 24.0 Å². The van der Waals surface area contributed by atoms with E-state index in [0.717, 1.165) is 56.3 Å². The Morgan fingerprint density at radius 3 is 2.52 bits per heavy atom. The molecule has 7 heteroatoms. The molecule has 0 amide bonds. The number of rotatable bonds is 6.